The summed E-state index contributed by atoms with van der Waals surface area (Å²) in [5.41, 5.74) is 12.3. The molecule has 0 aromatic heterocycles. The predicted molar refractivity (Wildman–Crippen MR) is 68.3 cm³/mol. The fraction of sp³-hybridized carbons (Fsp3) is 0.200. The summed E-state index contributed by atoms with van der Waals surface area (Å²) in [6.45, 7) is 0. The van der Waals surface area contributed by atoms with Gasteiger partial charge in [0, 0.05) is 5.69 Å². The third-order valence-corrected chi connectivity index (χ3v) is 3.37. The Morgan fingerprint density at radius 1 is 0.875 bits per heavy atom. The van der Waals surface area contributed by atoms with E-state index in [4.69, 9.17) is 5.73 Å². The largest absolute Gasteiger partial charge is 0.399 e. The second kappa shape index (κ2) is 3.67. The molecule has 0 fully saturated rings. The lowest BCUT2D eigenvalue weighted by atomic mass is 9.97. The van der Waals surface area contributed by atoms with Gasteiger partial charge in [0.15, 0.2) is 0 Å². The molecule has 2 N–H and O–H groups in total. The fourth-order valence-corrected chi connectivity index (χ4v) is 2.55. The minimum atomic E-state index is 0.830. The number of benzene rings is 2. The molecule has 1 nitrogen and oxygen atoms in total. The molecule has 0 unspecified atom stereocenters. The first-order valence-corrected chi connectivity index (χ1v) is 5.81. The number of nitrogen functional groups attached to an aromatic ring is 1. The zero-order valence-electron chi connectivity index (χ0n) is 9.24. The summed E-state index contributed by atoms with van der Waals surface area (Å²) >= 11 is 0. The van der Waals surface area contributed by atoms with Gasteiger partial charge in [-0.25, -0.2) is 0 Å². The van der Waals surface area contributed by atoms with Crippen molar-refractivity contribution in [3.05, 3.63) is 53.6 Å². The Bertz CT molecular complexity index is 511. The van der Waals surface area contributed by atoms with Crippen LogP contribution in [0.4, 0.5) is 5.69 Å². The van der Waals surface area contributed by atoms with Crippen molar-refractivity contribution < 1.29 is 0 Å². The van der Waals surface area contributed by atoms with Gasteiger partial charge in [-0.2, -0.15) is 0 Å². The maximum Gasteiger partial charge on any atom is 0.0314 e. The molecule has 1 aliphatic rings. The van der Waals surface area contributed by atoms with E-state index in [-0.39, 0.29) is 0 Å². The Balaban J connectivity index is 2.13. The molecule has 1 aliphatic carbocycles. The van der Waals surface area contributed by atoms with E-state index in [2.05, 4.69) is 30.3 Å². The third kappa shape index (κ3) is 1.49. The second-order valence-electron chi connectivity index (χ2n) is 4.42. The van der Waals surface area contributed by atoms with Crippen LogP contribution in [0.25, 0.3) is 11.1 Å². The lowest BCUT2D eigenvalue weighted by Crippen LogP contribution is -1.89. The van der Waals surface area contributed by atoms with E-state index >= 15 is 0 Å². The van der Waals surface area contributed by atoms with E-state index in [1.807, 2.05) is 12.1 Å². The van der Waals surface area contributed by atoms with Crippen LogP contribution in [-0.4, -0.2) is 0 Å². The van der Waals surface area contributed by atoms with Gasteiger partial charge in [0.05, 0.1) is 0 Å². The predicted octanol–water partition coefficient (Wildman–Crippen LogP) is 3.42. The summed E-state index contributed by atoms with van der Waals surface area (Å²) in [5.74, 6) is 0. The maximum absolute atomic E-state index is 5.72. The topological polar surface area (TPSA) is 26.0 Å². The van der Waals surface area contributed by atoms with Crippen LogP contribution in [0.3, 0.4) is 0 Å². The number of nitrogens with two attached hydrogens (primary N) is 1. The molecule has 0 aliphatic heterocycles. The van der Waals surface area contributed by atoms with E-state index in [0.717, 1.165) is 5.69 Å². The van der Waals surface area contributed by atoms with Crippen LogP contribution in [0.5, 0.6) is 0 Å². The maximum atomic E-state index is 5.72. The lowest BCUT2D eigenvalue weighted by Gasteiger charge is -2.08. The smallest absolute Gasteiger partial charge is 0.0314 e. The third-order valence-electron chi connectivity index (χ3n) is 3.37. The number of hydrogen-bond donors (Lipinski definition) is 1. The SMILES string of the molecule is Nc1ccc(-c2cccc3c2CCC3)cc1. The molecule has 0 atom stereocenters. The molecule has 1 heteroatoms. The molecule has 80 valence electrons. The quantitative estimate of drug-likeness (QED) is 0.715. The first-order chi connectivity index (χ1) is 7.84. The van der Waals surface area contributed by atoms with E-state index in [1.165, 1.54) is 41.5 Å². The van der Waals surface area contributed by atoms with Gasteiger partial charge in [0.25, 0.3) is 0 Å². The minimum Gasteiger partial charge on any atom is -0.399 e. The molecular weight excluding hydrogens is 194 g/mol. The Labute approximate surface area is 95.9 Å². The van der Waals surface area contributed by atoms with Crippen molar-refractivity contribution in [1.29, 1.82) is 0 Å². The van der Waals surface area contributed by atoms with Gasteiger partial charge in [-0.3, -0.25) is 0 Å². The van der Waals surface area contributed by atoms with Crippen molar-refractivity contribution in [3.63, 3.8) is 0 Å². The molecule has 0 amide bonds. The Hall–Kier alpha value is -1.76. The summed E-state index contributed by atoms with van der Waals surface area (Å²) in [6, 6.07) is 14.8. The monoisotopic (exact) mass is 209 g/mol. The molecular formula is C15H15N. The lowest BCUT2D eigenvalue weighted by molar-refractivity contribution is 0.912. The van der Waals surface area contributed by atoms with Gasteiger partial charge in [0.2, 0.25) is 0 Å². The molecule has 16 heavy (non-hydrogen) atoms. The summed E-state index contributed by atoms with van der Waals surface area (Å²) in [7, 11) is 0. The zero-order valence-corrected chi connectivity index (χ0v) is 9.24. The molecule has 2 aromatic carbocycles. The number of rotatable bonds is 1. The number of anilines is 1. The molecule has 0 heterocycles. The van der Waals surface area contributed by atoms with Gasteiger partial charge < -0.3 is 5.73 Å². The van der Waals surface area contributed by atoms with Crippen molar-refractivity contribution in [2.45, 2.75) is 19.3 Å². The highest BCUT2D eigenvalue weighted by atomic mass is 14.5. The van der Waals surface area contributed by atoms with Crippen LogP contribution in [-0.2, 0) is 12.8 Å². The van der Waals surface area contributed by atoms with E-state index in [0.29, 0.717) is 0 Å². The minimum absolute atomic E-state index is 0.830. The second-order valence-corrected chi connectivity index (χ2v) is 4.42. The molecule has 0 saturated carbocycles. The molecule has 0 spiro atoms. The van der Waals surface area contributed by atoms with Gasteiger partial charge in [-0.15, -0.1) is 0 Å². The highest BCUT2D eigenvalue weighted by Crippen LogP contribution is 2.32. The number of hydrogen-bond acceptors (Lipinski definition) is 1. The van der Waals surface area contributed by atoms with Crippen molar-refractivity contribution in [3.8, 4) is 11.1 Å². The normalized spacial score (nSPS) is 13.8. The van der Waals surface area contributed by atoms with Crippen molar-refractivity contribution in [2.24, 2.45) is 0 Å². The summed E-state index contributed by atoms with van der Waals surface area (Å²) in [4.78, 5) is 0. The Kier molecular flexibility index (Phi) is 2.17. The number of aryl methyl sites for hydroxylation is 1. The Morgan fingerprint density at radius 3 is 2.50 bits per heavy atom. The van der Waals surface area contributed by atoms with Crippen molar-refractivity contribution >= 4 is 5.69 Å². The van der Waals surface area contributed by atoms with Gasteiger partial charge in [-0.05, 0) is 53.6 Å². The van der Waals surface area contributed by atoms with Crippen LogP contribution in [0.15, 0.2) is 42.5 Å². The molecule has 0 radical (unpaired) electrons. The highest BCUT2D eigenvalue weighted by molar-refractivity contribution is 5.70. The average Bonchev–Trinajstić information content (AvgIpc) is 2.78. The Morgan fingerprint density at radius 2 is 1.69 bits per heavy atom. The summed E-state index contributed by atoms with van der Waals surface area (Å²) in [5, 5.41) is 0. The molecule has 0 saturated heterocycles. The number of fused-ring (bicyclic) bond motifs is 1. The fourth-order valence-electron chi connectivity index (χ4n) is 2.55. The van der Waals surface area contributed by atoms with E-state index in [9.17, 15) is 0 Å². The van der Waals surface area contributed by atoms with E-state index < -0.39 is 0 Å². The van der Waals surface area contributed by atoms with Crippen LogP contribution < -0.4 is 5.73 Å². The van der Waals surface area contributed by atoms with Crippen molar-refractivity contribution in [1.82, 2.24) is 0 Å². The van der Waals surface area contributed by atoms with Crippen molar-refractivity contribution in [2.75, 3.05) is 5.73 Å². The van der Waals surface area contributed by atoms with Gasteiger partial charge in [-0.1, -0.05) is 30.3 Å². The molecule has 0 bridgehead atoms. The average molecular weight is 209 g/mol. The summed E-state index contributed by atoms with van der Waals surface area (Å²) in [6.07, 6.45) is 3.75. The standard InChI is InChI=1S/C15H15N/c16-13-9-7-12(8-10-13)15-6-2-4-11-3-1-5-14(11)15/h2,4,6-10H,1,3,5,16H2. The van der Waals surface area contributed by atoms with Crippen LogP contribution in [0.2, 0.25) is 0 Å². The zero-order chi connectivity index (χ0) is 11.0. The first kappa shape index (κ1) is 9.46. The van der Waals surface area contributed by atoms with E-state index in [1.54, 1.807) is 0 Å². The first-order valence-electron chi connectivity index (χ1n) is 5.81. The van der Waals surface area contributed by atoms with Crippen LogP contribution >= 0.6 is 0 Å². The van der Waals surface area contributed by atoms with Crippen LogP contribution in [0, 0.1) is 0 Å². The molecule has 3 rings (SSSR count). The van der Waals surface area contributed by atoms with Gasteiger partial charge in [0.1, 0.15) is 0 Å². The van der Waals surface area contributed by atoms with Gasteiger partial charge >= 0.3 is 0 Å². The summed E-state index contributed by atoms with van der Waals surface area (Å²) < 4.78 is 0. The molecule has 2 aromatic rings. The highest BCUT2D eigenvalue weighted by Gasteiger charge is 2.14. The van der Waals surface area contributed by atoms with Crippen LogP contribution in [0.1, 0.15) is 17.5 Å².